The van der Waals surface area contributed by atoms with Gasteiger partial charge in [-0.05, 0) is 42.5 Å². The third-order valence-electron chi connectivity index (χ3n) is 3.13. The van der Waals surface area contributed by atoms with Gasteiger partial charge in [0.15, 0.2) is 0 Å². The fourth-order valence-corrected chi connectivity index (χ4v) is 2.68. The molecule has 1 aromatic heterocycles. The number of hydrogen-bond acceptors (Lipinski definition) is 4. The Bertz CT molecular complexity index is 962. The van der Waals surface area contributed by atoms with Gasteiger partial charge in [-0.25, -0.2) is 13.4 Å². The average molecular weight is 330 g/mol. The number of carbonyl (C=O) groups is 1. The lowest BCUT2D eigenvalue weighted by molar-refractivity contribution is 0.102. The lowest BCUT2D eigenvalue weighted by Gasteiger charge is -2.07. The third kappa shape index (κ3) is 3.67. The van der Waals surface area contributed by atoms with Gasteiger partial charge in [0.25, 0.3) is 5.91 Å². The highest BCUT2D eigenvalue weighted by molar-refractivity contribution is 7.92. The summed E-state index contributed by atoms with van der Waals surface area (Å²) in [5, 5.41) is 2.75. The number of aromatic amines is 1. The molecule has 0 fully saturated rings. The molecule has 3 N–H and O–H groups in total. The van der Waals surface area contributed by atoms with Crippen molar-refractivity contribution in [1.29, 1.82) is 0 Å². The second-order valence-electron chi connectivity index (χ2n) is 5.04. The Hall–Kier alpha value is -2.87. The van der Waals surface area contributed by atoms with E-state index in [9.17, 15) is 13.2 Å². The summed E-state index contributed by atoms with van der Waals surface area (Å²) in [7, 11) is -3.32. The summed E-state index contributed by atoms with van der Waals surface area (Å²) in [5.41, 5.74) is 3.08. The summed E-state index contributed by atoms with van der Waals surface area (Å²) in [6, 6.07) is 11.6. The van der Waals surface area contributed by atoms with E-state index in [0.29, 0.717) is 16.9 Å². The van der Waals surface area contributed by atoms with Gasteiger partial charge in [0, 0.05) is 16.9 Å². The van der Waals surface area contributed by atoms with Gasteiger partial charge >= 0.3 is 0 Å². The summed E-state index contributed by atoms with van der Waals surface area (Å²) in [6.07, 6.45) is 2.65. The summed E-state index contributed by atoms with van der Waals surface area (Å²) < 4.78 is 24.6. The second kappa shape index (κ2) is 5.73. The van der Waals surface area contributed by atoms with Crippen molar-refractivity contribution < 1.29 is 13.2 Å². The molecule has 0 saturated carbocycles. The van der Waals surface area contributed by atoms with Crippen molar-refractivity contribution in [3.05, 3.63) is 54.4 Å². The van der Waals surface area contributed by atoms with E-state index in [0.717, 1.165) is 17.3 Å². The lowest BCUT2D eigenvalue weighted by Crippen LogP contribution is -2.12. The molecule has 1 amide bonds. The Morgan fingerprint density at radius 1 is 1.09 bits per heavy atom. The predicted octanol–water partition coefficient (Wildman–Crippen LogP) is 2.19. The monoisotopic (exact) mass is 330 g/mol. The number of carbonyl (C=O) groups excluding carboxylic acids is 1. The molecule has 118 valence electrons. The minimum Gasteiger partial charge on any atom is -0.345 e. The number of imidazole rings is 1. The summed E-state index contributed by atoms with van der Waals surface area (Å²) in [4.78, 5) is 19.3. The number of amides is 1. The fourth-order valence-electron chi connectivity index (χ4n) is 2.12. The summed E-state index contributed by atoms with van der Waals surface area (Å²) >= 11 is 0. The van der Waals surface area contributed by atoms with Crippen LogP contribution in [0.5, 0.6) is 0 Å². The number of fused-ring (bicyclic) bond motifs is 1. The minimum atomic E-state index is -3.32. The van der Waals surface area contributed by atoms with E-state index in [1.807, 2.05) is 0 Å². The number of sulfonamides is 1. The van der Waals surface area contributed by atoms with E-state index in [1.165, 1.54) is 0 Å². The standard InChI is InChI=1S/C15H14N4O3S/c1-23(21,22)19-12-5-3-11(4-6-12)18-15(20)10-2-7-13-14(8-10)17-9-16-13/h2-9,19H,1H3,(H,16,17)(H,18,20). The molecule has 0 radical (unpaired) electrons. The molecule has 0 saturated heterocycles. The zero-order valence-corrected chi connectivity index (χ0v) is 13.0. The zero-order valence-electron chi connectivity index (χ0n) is 12.2. The SMILES string of the molecule is CS(=O)(=O)Nc1ccc(NC(=O)c2ccc3nc[nH]c3c2)cc1. The lowest BCUT2D eigenvalue weighted by atomic mass is 10.2. The number of nitrogens with zero attached hydrogens (tertiary/aromatic N) is 1. The molecular weight excluding hydrogens is 316 g/mol. The number of anilines is 2. The molecule has 0 aliphatic rings. The van der Waals surface area contributed by atoms with E-state index in [2.05, 4.69) is 20.0 Å². The molecule has 0 aliphatic heterocycles. The normalized spacial score (nSPS) is 11.3. The van der Waals surface area contributed by atoms with Crippen LogP contribution in [-0.2, 0) is 10.0 Å². The van der Waals surface area contributed by atoms with E-state index >= 15 is 0 Å². The van der Waals surface area contributed by atoms with Crippen molar-refractivity contribution in [2.45, 2.75) is 0 Å². The average Bonchev–Trinajstić information content (AvgIpc) is 2.95. The van der Waals surface area contributed by atoms with Crippen LogP contribution in [0.15, 0.2) is 48.8 Å². The first-order valence-corrected chi connectivity index (χ1v) is 8.62. The van der Waals surface area contributed by atoms with Crippen molar-refractivity contribution in [2.75, 3.05) is 16.3 Å². The molecule has 0 bridgehead atoms. The van der Waals surface area contributed by atoms with Crippen LogP contribution in [-0.4, -0.2) is 30.5 Å². The van der Waals surface area contributed by atoms with Gasteiger partial charge in [-0.2, -0.15) is 0 Å². The van der Waals surface area contributed by atoms with Gasteiger partial charge in [0.1, 0.15) is 0 Å². The molecule has 0 atom stereocenters. The number of rotatable bonds is 4. The van der Waals surface area contributed by atoms with Crippen LogP contribution in [0, 0.1) is 0 Å². The topological polar surface area (TPSA) is 104 Å². The fraction of sp³-hybridized carbons (Fsp3) is 0.0667. The van der Waals surface area contributed by atoms with Crippen LogP contribution in [0.25, 0.3) is 11.0 Å². The number of hydrogen-bond donors (Lipinski definition) is 3. The summed E-state index contributed by atoms with van der Waals surface area (Å²) in [5.74, 6) is -0.259. The Kier molecular flexibility index (Phi) is 3.75. The Balaban J connectivity index is 1.74. The van der Waals surface area contributed by atoms with Crippen molar-refractivity contribution in [3.63, 3.8) is 0 Å². The predicted molar refractivity (Wildman–Crippen MR) is 89.0 cm³/mol. The highest BCUT2D eigenvalue weighted by Crippen LogP contribution is 2.17. The maximum atomic E-state index is 12.2. The smallest absolute Gasteiger partial charge is 0.255 e. The van der Waals surface area contributed by atoms with Crippen LogP contribution in [0.4, 0.5) is 11.4 Å². The highest BCUT2D eigenvalue weighted by atomic mass is 32.2. The quantitative estimate of drug-likeness (QED) is 0.682. The van der Waals surface area contributed by atoms with Gasteiger partial charge in [-0.15, -0.1) is 0 Å². The first-order valence-electron chi connectivity index (χ1n) is 6.73. The van der Waals surface area contributed by atoms with E-state index in [4.69, 9.17) is 0 Å². The van der Waals surface area contributed by atoms with Gasteiger partial charge in [0.2, 0.25) is 10.0 Å². The number of benzene rings is 2. The zero-order chi connectivity index (χ0) is 16.4. The van der Waals surface area contributed by atoms with E-state index in [-0.39, 0.29) is 5.91 Å². The molecule has 2 aromatic carbocycles. The summed E-state index contributed by atoms with van der Waals surface area (Å²) in [6.45, 7) is 0. The molecule has 0 unspecified atom stereocenters. The molecule has 0 spiro atoms. The molecule has 23 heavy (non-hydrogen) atoms. The Labute approximate surface area is 132 Å². The maximum absolute atomic E-state index is 12.2. The van der Waals surface area contributed by atoms with E-state index < -0.39 is 10.0 Å². The van der Waals surface area contributed by atoms with Crippen LogP contribution in [0.1, 0.15) is 10.4 Å². The first-order chi connectivity index (χ1) is 10.9. The molecule has 8 heteroatoms. The number of H-pyrrole nitrogens is 1. The molecule has 3 rings (SSSR count). The largest absolute Gasteiger partial charge is 0.345 e. The van der Waals surface area contributed by atoms with Gasteiger partial charge < -0.3 is 10.3 Å². The molecule has 1 heterocycles. The van der Waals surface area contributed by atoms with Crippen molar-refractivity contribution in [3.8, 4) is 0 Å². The van der Waals surface area contributed by atoms with Crippen LogP contribution < -0.4 is 10.0 Å². The minimum absolute atomic E-state index is 0.259. The molecule has 3 aromatic rings. The van der Waals surface area contributed by atoms with Gasteiger partial charge in [0.05, 0.1) is 23.6 Å². The van der Waals surface area contributed by atoms with Crippen LogP contribution in [0.3, 0.4) is 0 Å². The molecule has 7 nitrogen and oxygen atoms in total. The Morgan fingerprint density at radius 3 is 2.48 bits per heavy atom. The van der Waals surface area contributed by atoms with Gasteiger partial charge in [-0.1, -0.05) is 0 Å². The highest BCUT2D eigenvalue weighted by Gasteiger charge is 2.08. The number of nitrogens with one attached hydrogen (secondary N) is 3. The molecule has 0 aliphatic carbocycles. The van der Waals surface area contributed by atoms with Crippen molar-refractivity contribution >= 4 is 38.3 Å². The first kappa shape index (κ1) is 15.0. The van der Waals surface area contributed by atoms with Crippen molar-refractivity contribution in [2.24, 2.45) is 0 Å². The van der Waals surface area contributed by atoms with Gasteiger partial charge in [-0.3, -0.25) is 9.52 Å². The second-order valence-corrected chi connectivity index (χ2v) is 6.79. The Morgan fingerprint density at radius 2 is 1.78 bits per heavy atom. The van der Waals surface area contributed by atoms with Crippen LogP contribution in [0.2, 0.25) is 0 Å². The number of aromatic nitrogens is 2. The van der Waals surface area contributed by atoms with Crippen molar-refractivity contribution in [1.82, 2.24) is 9.97 Å². The van der Waals surface area contributed by atoms with Crippen LogP contribution >= 0.6 is 0 Å². The maximum Gasteiger partial charge on any atom is 0.255 e. The third-order valence-corrected chi connectivity index (χ3v) is 3.73. The molecular formula is C15H14N4O3S. The van der Waals surface area contributed by atoms with E-state index in [1.54, 1.807) is 48.8 Å².